The number of furan rings is 1. The molecule has 0 bridgehead atoms. The standard InChI is InChI=1S/C13H19NO/c1-10(9-11-5-4-8-15-11)12(2,3)13(14)6-7-13/h4-5,8-9H,6-7,14H2,1-3H3/b10-9+. The highest BCUT2D eigenvalue weighted by molar-refractivity contribution is 5.49. The van der Waals surface area contributed by atoms with Gasteiger partial charge in [-0.25, -0.2) is 0 Å². The summed E-state index contributed by atoms with van der Waals surface area (Å²) in [6.45, 7) is 6.57. The molecule has 1 saturated carbocycles. The Balaban J connectivity index is 2.24. The van der Waals surface area contributed by atoms with E-state index in [1.165, 1.54) is 5.57 Å². The summed E-state index contributed by atoms with van der Waals surface area (Å²) in [5.41, 5.74) is 7.63. The van der Waals surface area contributed by atoms with Crippen molar-refractivity contribution in [3.63, 3.8) is 0 Å². The zero-order chi connectivity index (χ0) is 11.1. The van der Waals surface area contributed by atoms with Gasteiger partial charge in [0.25, 0.3) is 0 Å². The third-order valence-electron chi connectivity index (χ3n) is 3.92. The highest BCUT2D eigenvalue weighted by atomic mass is 16.3. The van der Waals surface area contributed by atoms with Gasteiger partial charge in [0.2, 0.25) is 0 Å². The first kappa shape index (κ1) is 10.5. The number of rotatable bonds is 3. The topological polar surface area (TPSA) is 39.2 Å². The molecule has 0 atom stereocenters. The van der Waals surface area contributed by atoms with Gasteiger partial charge in [-0.1, -0.05) is 19.4 Å². The molecule has 0 spiro atoms. The Hall–Kier alpha value is -1.02. The third kappa shape index (κ3) is 1.74. The lowest BCUT2D eigenvalue weighted by Crippen LogP contribution is -2.40. The van der Waals surface area contributed by atoms with Crippen LogP contribution in [0, 0.1) is 5.41 Å². The van der Waals surface area contributed by atoms with Crippen LogP contribution in [0.1, 0.15) is 39.4 Å². The average molecular weight is 205 g/mol. The zero-order valence-corrected chi connectivity index (χ0v) is 9.71. The van der Waals surface area contributed by atoms with E-state index in [1.54, 1.807) is 6.26 Å². The van der Waals surface area contributed by atoms with E-state index in [-0.39, 0.29) is 11.0 Å². The van der Waals surface area contributed by atoms with Crippen molar-refractivity contribution in [2.24, 2.45) is 11.1 Å². The molecule has 0 radical (unpaired) electrons. The van der Waals surface area contributed by atoms with E-state index < -0.39 is 0 Å². The summed E-state index contributed by atoms with van der Waals surface area (Å²) in [5.74, 6) is 0.907. The van der Waals surface area contributed by atoms with Gasteiger partial charge < -0.3 is 10.2 Å². The predicted octanol–water partition coefficient (Wildman–Crippen LogP) is 3.20. The molecule has 0 aromatic carbocycles. The summed E-state index contributed by atoms with van der Waals surface area (Å²) in [7, 11) is 0. The second-order valence-corrected chi connectivity index (χ2v) is 5.12. The summed E-state index contributed by atoms with van der Waals surface area (Å²) in [5, 5.41) is 0. The smallest absolute Gasteiger partial charge is 0.126 e. The largest absolute Gasteiger partial charge is 0.465 e. The van der Waals surface area contributed by atoms with Crippen LogP contribution in [0.25, 0.3) is 6.08 Å². The van der Waals surface area contributed by atoms with Crippen LogP contribution >= 0.6 is 0 Å². The van der Waals surface area contributed by atoms with Crippen LogP contribution in [-0.2, 0) is 0 Å². The predicted molar refractivity (Wildman–Crippen MR) is 62.3 cm³/mol. The van der Waals surface area contributed by atoms with Gasteiger partial charge >= 0.3 is 0 Å². The van der Waals surface area contributed by atoms with Crippen molar-refractivity contribution in [1.82, 2.24) is 0 Å². The van der Waals surface area contributed by atoms with Gasteiger partial charge in [-0.3, -0.25) is 0 Å². The van der Waals surface area contributed by atoms with E-state index in [2.05, 4.69) is 26.8 Å². The minimum atomic E-state index is 0.000175. The summed E-state index contributed by atoms with van der Waals surface area (Å²) in [6.07, 6.45) is 6.04. The molecular weight excluding hydrogens is 186 g/mol. The van der Waals surface area contributed by atoms with Crippen molar-refractivity contribution in [1.29, 1.82) is 0 Å². The molecule has 1 fully saturated rings. The Morgan fingerprint density at radius 1 is 1.53 bits per heavy atom. The zero-order valence-electron chi connectivity index (χ0n) is 9.71. The van der Waals surface area contributed by atoms with E-state index in [0.717, 1.165) is 18.6 Å². The van der Waals surface area contributed by atoms with Crippen LogP contribution in [0.2, 0.25) is 0 Å². The maximum absolute atomic E-state index is 6.28. The van der Waals surface area contributed by atoms with Gasteiger partial charge in [-0.2, -0.15) is 0 Å². The lowest BCUT2D eigenvalue weighted by molar-refractivity contribution is 0.330. The molecule has 2 rings (SSSR count). The summed E-state index contributed by atoms with van der Waals surface area (Å²) in [4.78, 5) is 0. The van der Waals surface area contributed by atoms with E-state index in [0.29, 0.717) is 0 Å². The van der Waals surface area contributed by atoms with Crippen molar-refractivity contribution < 1.29 is 4.42 Å². The van der Waals surface area contributed by atoms with Crippen LogP contribution in [-0.4, -0.2) is 5.54 Å². The second kappa shape index (κ2) is 3.24. The van der Waals surface area contributed by atoms with Crippen LogP contribution in [0.5, 0.6) is 0 Å². The van der Waals surface area contributed by atoms with E-state index >= 15 is 0 Å². The van der Waals surface area contributed by atoms with E-state index in [4.69, 9.17) is 10.2 Å². The average Bonchev–Trinajstić information content (AvgIpc) is 2.75. The first-order valence-corrected chi connectivity index (χ1v) is 5.47. The fourth-order valence-electron chi connectivity index (χ4n) is 1.92. The minimum Gasteiger partial charge on any atom is -0.465 e. The van der Waals surface area contributed by atoms with Crippen LogP contribution in [0.3, 0.4) is 0 Å². The molecule has 2 nitrogen and oxygen atoms in total. The van der Waals surface area contributed by atoms with Gasteiger partial charge in [0, 0.05) is 11.0 Å². The molecule has 2 N–H and O–H groups in total. The van der Waals surface area contributed by atoms with E-state index in [1.807, 2.05) is 12.1 Å². The normalized spacial score (nSPS) is 20.4. The van der Waals surface area contributed by atoms with Crippen molar-refractivity contribution in [2.75, 3.05) is 0 Å². The van der Waals surface area contributed by atoms with Gasteiger partial charge in [0.1, 0.15) is 5.76 Å². The van der Waals surface area contributed by atoms with Crippen molar-refractivity contribution in [3.05, 3.63) is 29.7 Å². The van der Waals surface area contributed by atoms with Crippen LogP contribution in [0.15, 0.2) is 28.4 Å². The van der Waals surface area contributed by atoms with Gasteiger partial charge in [-0.05, 0) is 38.0 Å². The molecular formula is C13H19NO. The Morgan fingerprint density at radius 3 is 2.67 bits per heavy atom. The molecule has 15 heavy (non-hydrogen) atoms. The van der Waals surface area contributed by atoms with Crippen molar-refractivity contribution in [3.8, 4) is 0 Å². The fraction of sp³-hybridized carbons (Fsp3) is 0.538. The maximum Gasteiger partial charge on any atom is 0.126 e. The fourth-order valence-corrected chi connectivity index (χ4v) is 1.92. The second-order valence-electron chi connectivity index (χ2n) is 5.12. The Kier molecular flexibility index (Phi) is 2.27. The van der Waals surface area contributed by atoms with Gasteiger partial charge in [-0.15, -0.1) is 0 Å². The Labute approximate surface area is 91.2 Å². The number of hydrogen-bond donors (Lipinski definition) is 1. The quantitative estimate of drug-likeness (QED) is 0.823. The molecule has 0 aliphatic heterocycles. The summed E-state index contributed by atoms with van der Waals surface area (Å²) < 4.78 is 5.32. The van der Waals surface area contributed by atoms with Gasteiger partial charge in [0.15, 0.2) is 0 Å². The molecule has 1 heterocycles. The molecule has 1 aromatic heterocycles. The Morgan fingerprint density at radius 2 is 2.20 bits per heavy atom. The highest BCUT2D eigenvalue weighted by Gasteiger charge is 2.51. The molecule has 82 valence electrons. The highest BCUT2D eigenvalue weighted by Crippen LogP contribution is 2.51. The van der Waals surface area contributed by atoms with Crippen LogP contribution in [0.4, 0.5) is 0 Å². The monoisotopic (exact) mass is 205 g/mol. The molecule has 2 heteroatoms. The molecule has 1 aliphatic carbocycles. The number of nitrogens with two attached hydrogens (primary N) is 1. The number of hydrogen-bond acceptors (Lipinski definition) is 2. The summed E-state index contributed by atoms with van der Waals surface area (Å²) in [6, 6.07) is 3.87. The maximum atomic E-state index is 6.28. The molecule has 1 aliphatic rings. The lowest BCUT2D eigenvalue weighted by Gasteiger charge is -2.33. The van der Waals surface area contributed by atoms with Crippen molar-refractivity contribution >= 4 is 6.08 Å². The summed E-state index contributed by atoms with van der Waals surface area (Å²) >= 11 is 0. The molecule has 0 unspecified atom stereocenters. The minimum absolute atomic E-state index is 0.000175. The SMILES string of the molecule is C/C(=C\c1ccco1)C(C)(C)C1(N)CC1. The third-order valence-corrected chi connectivity index (χ3v) is 3.92. The first-order chi connectivity index (χ1) is 6.96. The van der Waals surface area contributed by atoms with Crippen LogP contribution < -0.4 is 5.73 Å². The Bertz CT molecular complexity index is 369. The lowest BCUT2D eigenvalue weighted by atomic mass is 9.76. The van der Waals surface area contributed by atoms with E-state index in [9.17, 15) is 0 Å². The van der Waals surface area contributed by atoms with Gasteiger partial charge in [0.05, 0.1) is 6.26 Å². The first-order valence-electron chi connectivity index (χ1n) is 5.47. The molecule has 0 saturated heterocycles. The molecule has 0 amide bonds. The van der Waals surface area contributed by atoms with Crippen molar-refractivity contribution in [2.45, 2.75) is 39.2 Å². The molecule has 1 aromatic rings.